The van der Waals surface area contributed by atoms with Crippen molar-refractivity contribution in [1.82, 2.24) is 4.98 Å². The van der Waals surface area contributed by atoms with Gasteiger partial charge >= 0.3 is 5.69 Å². The van der Waals surface area contributed by atoms with Gasteiger partial charge in [0.05, 0.1) is 4.92 Å². The Kier molecular flexibility index (Phi) is 4.23. The van der Waals surface area contributed by atoms with Crippen LogP contribution < -0.4 is 16.6 Å². The summed E-state index contributed by atoms with van der Waals surface area (Å²) in [6, 6.07) is 7.38. The molecule has 104 valence electrons. The largest absolute Gasteiger partial charge is 0.334 e. The number of nitrogens with zero attached hydrogens (tertiary/aromatic N) is 2. The molecular weight excluding hydrogens is 305 g/mol. The summed E-state index contributed by atoms with van der Waals surface area (Å²) in [6.07, 6.45) is 0. The van der Waals surface area contributed by atoms with E-state index in [9.17, 15) is 10.1 Å². The number of rotatable bonds is 4. The average Bonchev–Trinajstić information content (AvgIpc) is 2.37. The van der Waals surface area contributed by atoms with Crippen molar-refractivity contribution in [3.8, 4) is 0 Å². The Labute approximate surface area is 123 Å². The van der Waals surface area contributed by atoms with Gasteiger partial charge in [-0.2, -0.15) is 0 Å². The van der Waals surface area contributed by atoms with Crippen LogP contribution >= 0.6 is 23.2 Å². The second kappa shape index (κ2) is 5.91. The van der Waals surface area contributed by atoms with E-state index in [2.05, 4.69) is 15.7 Å². The molecule has 0 saturated carbocycles. The minimum atomic E-state index is -0.554. The van der Waals surface area contributed by atoms with Crippen molar-refractivity contribution in [2.75, 3.05) is 10.7 Å². The van der Waals surface area contributed by atoms with E-state index in [1.165, 1.54) is 12.1 Å². The molecule has 1 aromatic carbocycles. The number of pyridine rings is 1. The molecule has 0 saturated heterocycles. The van der Waals surface area contributed by atoms with Crippen molar-refractivity contribution in [2.24, 2.45) is 5.84 Å². The van der Waals surface area contributed by atoms with Crippen LogP contribution in [-0.2, 0) is 0 Å². The van der Waals surface area contributed by atoms with Gasteiger partial charge in [-0.15, -0.1) is 0 Å². The number of hydrogen-bond acceptors (Lipinski definition) is 6. The first-order valence-electron chi connectivity index (χ1n) is 5.35. The zero-order valence-corrected chi connectivity index (χ0v) is 11.4. The highest BCUT2D eigenvalue weighted by Crippen LogP contribution is 2.29. The van der Waals surface area contributed by atoms with Gasteiger partial charge in [-0.3, -0.25) is 10.1 Å². The van der Waals surface area contributed by atoms with Gasteiger partial charge in [0.25, 0.3) is 0 Å². The molecule has 1 heterocycles. The normalized spacial score (nSPS) is 10.2. The molecule has 0 aliphatic rings. The van der Waals surface area contributed by atoms with Gasteiger partial charge in [0, 0.05) is 21.8 Å². The molecule has 0 amide bonds. The fraction of sp³-hybridized carbons (Fsp3) is 0. The first kappa shape index (κ1) is 14.3. The average molecular weight is 314 g/mol. The van der Waals surface area contributed by atoms with Crippen molar-refractivity contribution < 1.29 is 4.92 Å². The highest BCUT2D eigenvalue weighted by atomic mass is 35.5. The van der Waals surface area contributed by atoms with Crippen LogP contribution in [0.25, 0.3) is 0 Å². The Morgan fingerprint density at radius 3 is 2.40 bits per heavy atom. The second-order valence-electron chi connectivity index (χ2n) is 3.75. The van der Waals surface area contributed by atoms with Crippen molar-refractivity contribution in [3.63, 3.8) is 0 Å². The van der Waals surface area contributed by atoms with Gasteiger partial charge in [-0.05, 0) is 24.3 Å². The highest BCUT2D eigenvalue weighted by Gasteiger charge is 2.16. The molecule has 0 unspecified atom stereocenters. The smallest absolute Gasteiger partial charge is 0.311 e. The number of halogens is 2. The van der Waals surface area contributed by atoms with Gasteiger partial charge in [0.2, 0.25) is 5.82 Å². The van der Waals surface area contributed by atoms with Crippen LogP contribution in [0.1, 0.15) is 0 Å². The van der Waals surface area contributed by atoms with E-state index in [1.807, 2.05) is 0 Å². The van der Waals surface area contributed by atoms with Gasteiger partial charge in [-0.25, -0.2) is 10.8 Å². The first-order valence-corrected chi connectivity index (χ1v) is 6.10. The van der Waals surface area contributed by atoms with E-state index in [1.54, 1.807) is 18.2 Å². The van der Waals surface area contributed by atoms with Crippen LogP contribution in [-0.4, -0.2) is 9.91 Å². The number of hydrazine groups is 1. The van der Waals surface area contributed by atoms with Crippen LogP contribution in [0, 0.1) is 10.1 Å². The quantitative estimate of drug-likeness (QED) is 0.454. The highest BCUT2D eigenvalue weighted by molar-refractivity contribution is 6.35. The zero-order valence-electron chi connectivity index (χ0n) is 9.93. The van der Waals surface area contributed by atoms with E-state index in [0.29, 0.717) is 15.7 Å². The number of nitrogens with one attached hydrogen (secondary N) is 2. The van der Waals surface area contributed by atoms with E-state index in [-0.39, 0.29) is 17.3 Å². The molecule has 0 aliphatic heterocycles. The minimum Gasteiger partial charge on any atom is -0.334 e. The standard InChI is InChI=1S/C11H9Cl2N5O2/c12-6-3-7(13)5-8(4-6)15-11-9(18(19)20)1-2-10(16-11)17-14/h1-5H,14H2,(H2,15,16,17). The van der Waals surface area contributed by atoms with Crippen molar-refractivity contribution in [3.05, 3.63) is 50.5 Å². The van der Waals surface area contributed by atoms with Crippen LogP contribution in [0.5, 0.6) is 0 Å². The first-order chi connectivity index (χ1) is 9.49. The lowest BCUT2D eigenvalue weighted by molar-refractivity contribution is -0.384. The summed E-state index contributed by atoms with van der Waals surface area (Å²) in [5.74, 6) is 5.55. The molecule has 1 aromatic heterocycles. The summed E-state index contributed by atoms with van der Waals surface area (Å²) in [4.78, 5) is 14.4. The third kappa shape index (κ3) is 3.27. The number of nitro groups is 1. The monoisotopic (exact) mass is 313 g/mol. The summed E-state index contributed by atoms with van der Waals surface area (Å²) < 4.78 is 0. The van der Waals surface area contributed by atoms with Crippen LogP contribution in [0.2, 0.25) is 10.0 Å². The molecule has 0 atom stereocenters. The molecule has 0 radical (unpaired) electrons. The number of aromatic nitrogens is 1. The maximum absolute atomic E-state index is 11.0. The fourth-order valence-electron chi connectivity index (χ4n) is 1.53. The SMILES string of the molecule is NNc1ccc([N+](=O)[O-])c(Nc2cc(Cl)cc(Cl)c2)n1. The van der Waals surface area contributed by atoms with Gasteiger partial charge in [0.15, 0.2) is 0 Å². The predicted molar refractivity (Wildman–Crippen MR) is 78.4 cm³/mol. The van der Waals surface area contributed by atoms with Crippen molar-refractivity contribution >= 4 is 46.2 Å². The molecular formula is C11H9Cl2N5O2. The molecule has 0 fully saturated rings. The molecule has 2 aromatic rings. The van der Waals surface area contributed by atoms with Gasteiger partial charge in [-0.1, -0.05) is 23.2 Å². The third-order valence-electron chi connectivity index (χ3n) is 2.34. The van der Waals surface area contributed by atoms with Gasteiger partial charge < -0.3 is 10.7 Å². The van der Waals surface area contributed by atoms with Crippen molar-refractivity contribution in [1.29, 1.82) is 0 Å². The van der Waals surface area contributed by atoms with E-state index in [4.69, 9.17) is 29.0 Å². The number of nitrogens with two attached hydrogens (primary N) is 1. The van der Waals surface area contributed by atoms with E-state index in [0.717, 1.165) is 0 Å². The van der Waals surface area contributed by atoms with Crippen LogP contribution in [0.4, 0.5) is 23.0 Å². The summed E-state index contributed by atoms with van der Waals surface area (Å²) in [7, 11) is 0. The van der Waals surface area contributed by atoms with Crippen LogP contribution in [0.3, 0.4) is 0 Å². The van der Waals surface area contributed by atoms with Crippen molar-refractivity contribution in [2.45, 2.75) is 0 Å². The van der Waals surface area contributed by atoms with Gasteiger partial charge in [0.1, 0.15) is 5.82 Å². The molecule has 7 nitrogen and oxygen atoms in total. The Morgan fingerprint density at radius 2 is 1.85 bits per heavy atom. The maximum atomic E-state index is 11.0. The lowest BCUT2D eigenvalue weighted by atomic mass is 10.3. The lowest BCUT2D eigenvalue weighted by Crippen LogP contribution is -2.10. The summed E-state index contributed by atoms with van der Waals surface area (Å²) >= 11 is 11.7. The number of benzene rings is 1. The maximum Gasteiger partial charge on any atom is 0.311 e. The molecule has 0 aliphatic carbocycles. The summed E-state index contributed by atoms with van der Waals surface area (Å²) in [5.41, 5.74) is 2.60. The topological polar surface area (TPSA) is 106 Å². The molecule has 0 bridgehead atoms. The third-order valence-corrected chi connectivity index (χ3v) is 2.78. The predicted octanol–water partition coefficient (Wildman–Crippen LogP) is 3.33. The van der Waals surface area contributed by atoms with Crippen LogP contribution in [0.15, 0.2) is 30.3 Å². The molecule has 20 heavy (non-hydrogen) atoms. The fourth-order valence-corrected chi connectivity index (χ4v) is 2.06. The molecule has 4 N–H and O–H groups in total. The summed E-state index contributed by atoms with van der Waals surface area (Å²) in [6.45, 7) is 0. The lowest BCUT2D eigenvalue weighted by Gasteiger charge is -2.08. The Hall–Kier alpha value is -2.09. The summed E-state index contributed by atoms with van der Waals surface area (Å²) in [5, 5.41) is 14.6. The second-order valence-corrected chi connectivity index (χ2v) is 4.62. The number of anilines is 3. The Morgan fingerprint density at radius 1 is 1.20 bits per heavy atom. The molecule has 0 spiro atoms. The van der Waals surface area contributed by atoms with E-state index < -0.39 is 4.92 Å². The molecule has 2 rings (SSSR count). The Balaban J connectivity index is 2.42. The zero-order chi connectivity index (χ0) is 14.7. The minimum absolute atomic E-state index is 0.0313. The van der Waals surface area contributed by atoms with E-state index >= 15 is 0 Å². The molecule has 9 heteroatoms. The number of nitrogen functional groups attached to an aromatic ring is 1. The number of hydrogen-bond donors (Lipinski definition) is 3. The Bertz CT molecular complexity index is 645.